The van der Waals surface area contributed by atoms with Crippen molar-refractivity contribution in [3.8, 4) is 5.82 Å². The normalized spacial score (nSPS) is 15.9. The van der Waals surface area contributed by atoms with Crippen molar-refractivity contribution in [1.82, 2.24) is 30.3 Å². The molecule has 164 valence electrons. The summed E-state index contributed by atoms with van der Waals surface area (Å²) >= 11 is 1.83. The van der Waals surface area contributed by atoms with Crippen LogP contribution in [0.5, 0.6) is 0 Å². The second-order valence-electron chi connectivity index (χ2n) is 7.94. The Morgan fingerprint density at radius 2 is 2.03 bits per heavy atom. The minimum atomic E-state index is 0.391. The van der Waals surface area contributed by atoms with Crippen LogP contribution in [0.2, 0.25) is 0 Å². The minimum Gasteiger partial charge on any atom is -0.354 e. The number of aliphatic imine (C=N–C) groups is 1. The SMILES string of the molecule is CN=C(NCc1ccc(-n2nc(C)cc2C)nc1)NCC(c1cccs1)N1CCCC1. The Hall–Kier alpha value is -2.71. The van der Waals surface area contributed by atoms with Gasteiger partial charge in [0, 0.05) is 36.9 Å². The van der Waals surface area contributed by atoms with Crippen molar-refractivity contribution >= 4 is 17.3 Å². The number of guanidine groups is 1. The van der Waals surface area contributed by atoms with Crippen LogP contribution >= 0.6 is 11.3 Å². The van der Waals surface area contributed by atoms with Gasteiger partial charge in [0.1, 0.15) is 0 Å². The van der Waals surface area contributed by atoms with E-state index < -0.39 is 0 Å². The molecule has 1 fully saturated rings. The second-order valence-corrected chi connectivity index (χ2v) is 8.92. The van der Waals surface area contributed by atoms with Gasteiger partial charge in [-0.2, -0.15) is 5.10 Å². The van der Waals surface area contributed by atoms with Gasteiger partial charge in [-0.3, -0.25) is 9.89 Å². The number of hydrogen-bond acceptors (Lipinski definition) is 5. The van der Waals surface area contributed by atoms with Crippen molar-refractivity contribution in [3.63, 3.8) is 0 Å². The molecule has 31 heavy (non-hydrogen) atoms. The number of hydrogen-bond donors (Lipinski definition) is 2. The highest BCUT2D eigenvalue weighted by Gasteiger charge is 2.24. The third-order valence-electron chi connectivity index (χ3n) is 5.64. The van der Waals surface area contributed by atoms with Crippen molar-refractivity contribution < 1.29 is 0 Å². The van der Waals surface area contributed by atoms with E-state index in [-0.39, 0.29) is 0 Å². The maximum absolute atomic E-state index is 4.58. The summed E-state index contributed by atoms with van der Waals surface area (Å²) in [6.07, 6.45) is 4.47. The van der Waals surface area contributed by atoms with Crippen molar-refractivity contribution in [3.05, 3.63) is 63.7 Å². The Kier molecular flexibility index (Phi) is 6.99. The highest BCUT2D eigenvalue weighted by Crippen LogP contribution is 2.27. The van der Waals surface area contributed by atoms with Gasteiger partial charge in [0.05, 0.1) is 11.7 Å². The number of aryl methyl sites for hydroxylation is 2. The molecule has 0 saturated carbocycles. The van der Waals surface area contributed by atoms with Crippen LogP contribution in [0.1, 0.15) is 40.7 Å². The predicted octanol–water partition coefficient (Wildman–Crippen LogP) is 3.45. The predicted molar refractivity (Wildman–Crippen MR) is 127 cm³/mol. The molecule has 1 aliphatic heterocycles. The molecule has 3 aromatic heterocycles. The summed E-state index contributed by atoms with van der Waals surface area (Å²) in [5, 5.41) is 13.6. The lowest BCUT2D eigenvalue weighted by atomic mass is 10.2. The number of likely N-dealkylation sites (tertiary alicyclic amines) is 1. The molecule has 4 heterocycles. The number of aromatic nitrogens is 3. The van der Waals surface area contributed by atoms with Gasteiger partial charge in [-0.05, 0) is 68.9 Å². The molecule has 3 aromatic rings. The zero-order valence-electron chi connectivity index (χ0n) is 18.5. The fourth-order valence-corrected chi connectivity index (χ4v) is 4.91. The number of nitrogens with one attached hydrogen (secondary N) is 2. The molecular weight excluding hydrogens is 406 g/mol. The number of thiophene rings is 1. The van der Waals surface area contributed by atoms with Crippen LogP contribution in [0, 0.1) is 13.8 Å². The monoisotopic (exact) mass is 437 g/mol. The molecule has 1 atom stereocenters. The standard InChI is InChI=1S/C23H31N7S/c1-17-13-18(2)30(28-17)22-9-8-19(14-25-22)15-26-23(24-3)27-16-20(21-7-6-12-31-21)29-10-4-5-11-29/h6-9,12-14,20H,4-5,10-11,15-16H2,1-3H3,(H2,24,26,27). The van der Waals surface area contributed by atoms with Crippen LogP contribution in [0.15, 0.2) is 46.9 Å². The van der Waals surface area contributed by atoms with Gasteiger partial charge in [0.15, 0.2) is 11.8 Å². The quantitative estimate of drug-likeness (QED) is 0.438. The lowest BCUT2D eigenvalue weighted by Crippen LogP contribution is -2.42. The third kappa shape index (κ3) is 5.32. The molecule has 0 radical (unpaired) electrons. The maximum atomic E-state index is 4.58. The van der Waals surface area contributed by atoms with E-state index in [1.54, 1.807) is 0 Å². The summed E-state index contributed by atoms with van der Waals surface area (Å²) in [6, 6.07) is 10.9. The van der Waals surface area contributed by atoms with Gasteiger partial charge >= 0.3 is 0 Å². The lowest BCUT2D eigenvalue weighted by molar-refractivity contribution is 0.249. The molecule has 1 aliphatic rings. The number of nitrogens with zero attached hydrogens (tertiary/aromatic N) is 5. The molecule has 0 amide bonds. The van der Waals surface area contributed by atoms with Gasteiger partial charge < -0.3 is 10.6 Å². The van der Waals surface area contributed by atoms with E-state index in [0.717, 1.165) is 35.3 Å². The van der Waals surface area contributed by atoms with E-state index in [2.05, 4.69) is 60.3 Å². The molecule has 1 unspecified atom stereocenters. The highest BCUT2D eigenvalue weighted by atomic mass is 32.1. The molecule has 0 aliphatic carbocycles. The average molecular weight is 438 g/mol. The largest absolute Gasteiger partial charge is 0.354 e. The first-order chi connectivity index (χ1) is 15.1. The second kappa shape index (κ2) is 10.1. The van der Waals surface area contributed by atoms with Gasteiger partial charge in [0.25, 0.3) is 0 Å². The van der Waals surface area contributed by atoms with Crippen LogP contribution in [-0.4, -0.2) is 52.3 Å². The summed E-state index contributed by atoms with van der Waals surface area (Å²) in [5.74, 6) is 1.64. The zero-order chi connectivity index (χ0) is 21.6. The van der Waals surface area contributed by atoms with Gasteiger partial charge in [-0.25, -0.2) is 9.67 Å². The Labute approximate surface area is 188 Å². The Bertz CT molecular complexity index is 986. The Morgan fingerprint density at radius 1 is 1.19 bits per heavy atom. The number of rotatable bonds is 7. The molecule has 0 aromatic carbocycles. The summed E-state index contributed by atoms with van der Waals surface area (Å²) in [5.41, 5.74) is 3.18. The highest BCUT2D eigenvalue weighted by molar-refractivity contribution is 7.10. The van der Waals surface area contributed by atoms with E-state index in [1.807, 2.05) is 49.2 Å². The zero-order valence-corrected chi connectivity index (χ0v) is 19.3. The molecule has 8 heteroatoms. The van der Waals surface area contributed by atoms with E-state index >= 15 is 0 Å². The van der Waals surface area contributed by atoms with Gasteiger partial charge in [0.2, 0.25) is 0 Å². The maximum Gasteiger partial charge on any atom is 0.191 e. The molecule has 0 spiro atoms. The lowest BCUT2D eigenvalue weighted by Gasteiger charge is -2.27. The molecule has 4 rings (SSSR count). The molecule has 0 bridgehead atoms. The van der Waals surface area contributed by atoms with Crippen molar-refractivity contribution in [2.45, 2.75) is 39.3 Å². The van der Waals surface area contributed by atoms with Crippen molar-refractivity contribution in [1.29, 1.82) is 0 Å². The fraction of sp³-hybridized carbons (Fsp3) is 0.435. The number of pyridine rings is 1. The average Bonchev–Trinajstić information content (AvgIpc) is 3.54. The Balaban J connectivity index is 1.33. The van der Waals surface area contributed by atoms with E-state index in [0.29, 0.717) is 12.6 Å². The molecular formula is C23H31N7S. The summed E-state index contributed by atoms with van der Waals surface area (Å²) in [4.78, 5) is 13.0. The van der Waals surface area contributed by atoms with E-state index in [4.69, 9.17) is 0 Å². The van der Waals surface area contributed by atoms with Crippen LogP contribution in [0.3, 0.4) is 0 Å². The van der Waals surface area contributed by atoms with Gasteiger partial charge in [-0.1, -0.05) is 12.1 Å². The van der Waals surface area contributed by atoms with Crippen molar-refractivity contribution in [2.75, 3.05) is 26.7 Å². The Morgan fingerprint density at radius 3 is 2.65 bits per heavy atom. The first kappa shape index (κ1) is 21.5. The van der Waals surface area contributed by atoms with E-state index in [1.165, 1.54) is 30.8 Å². The van der Waals surface area contributed by atoms with Crippen LogP contribution in [0.4, 0.5) is 0 Å². The fourth-order valence-electron chi connectivity index (χ4n) is 4.05. The first-order valence-electron chi connectivity index (χ1n) is 10.8. The summed E-state index contributed by atoms with van der Waals surface area (Å²) in [6.45, 7) is 7.88. The summed E-state index contributed by atoms with van der Waals surface area (Å²) in [7, 11) is 1.81. The van der Waals surface area contributed by atoms with Gasteiger partial charge in [-0.15, -0.1) is 11.3 Å². The third-order valence-corrected chi connectivity index (χ3v) is 6.61. The van der Waals surface area contributed by atoms with Crippen LogP contribution in [0.25, 0.3) is 5.82 Å². The molecule has 1 saturated heterocycles. The van der Waals surface area contributed by atoms with E-state index in [9.17, 15) is 0 Å². The van der Waals surface area contributed by atoms with Crippen LogP contribution < -0.4 is 10.6 Å². The molecule has 2 N–H and O–H groups in total. The van der Waals surface area contributed by atoms with Crippen LogP contribution in [-0.2, 0) is 6.54 Å². The smallest absolute Gasteiger partial charge is 0.191 e. The topological polar surface area (TPSA) is 70.4 Å². The first-order valence-corrected chi connectivity index (χ1v) is 11.7. The van der Waals surface area contributed by atoms with Crippen molar-refractivity contribution in [2.24, 2.45) is 4.99 Å². The minimum absolute atomic E-state index is 0.391. The molecule has 7 nitrogen and oxygen atoms in total. The summed E-state index contributed by atoms with van der Waals surface area (Å²) < 4.78 is 1.87.